The molecule has 0 radical (unpaired) electrons. The van der Waals surface area contributed by atoms with Crippen molar-refractivity contribution in [3.05, 3.63) is 29.8 Å². The van der Waals surface area contributed by atoms with Gasteiger partial charge in [0.1, 0.15) is 5.75 Å². The van der Waals surface area contributed by atoms with Crippen molar-refractivity contribution in [1.82, 2.24) is 4.90 Å². The first-order chi connectivity index (χ1) is 10.8. The summed E-state index contributed by atoms with van der Waals surface area (Å²) in [7, 11) is 1.70. The molecule has 22 heavy (non-hydrogen) atoms. The summed E-state index contributed by atoms with van der Waals surface area (Å²) >= 11 is 0. The van der Waals surface area contributed by atoms with E-state index in [1.165, 1.54) is 31.2 Å². The van der Waals surface area contributed by atoms with Gasteiger partial charge in [-0.05, 0) is 37.1 Å². The Kier molecular flexibility index (Phi) is 5.01. The Morgan fingerprint density at radius 3 is 2.59 bits per heavy atom. The lowest BCUT2D eigenvalue weighted by molar-refractivity contribution is -0.151. The van der Waals surface area contributed by atoms with E-state index in [9.17, 15) is 5.11 Å². The molecule has 4 nitrogen and oxygen atoms in total. The van der Waals surface area contributed by atoms with Crippen molar-refractivity contribution in [3.63, 3.8) is 0 Å². The lowest BCUT2D eigenvalue weighted by atomic mass is 9.85. The van der Waals surface area contributed by atoms with Crippen LogP contribution in [0.3, 0.4) is 0 Å². The van der Waals surface area contributed by atoms with E-state index >= 15 is 0 Å². The van der Waals surface area contributed by atoms with Crippen LogP contribution in [-0.2, 0) is 4.74 Å². The molecule has 3 rings (SSSR count). The average molecular weight is 305 g/mol. The quantitative estimate of drug-likeness (QED) is 0.908. The maximum atomic E-state index is 9.74. The Morgan fingerprint density at radius 2 is 2.00 bits per heavy atom. The zero-order valence-electron chi connectivity index (χ0n) is 13.5. The summed E-state index contributed by atoms with van der Waals surface area (Å²) in [4.78, 5) is 2.56. The van der Waals surface area contributed by atoms with E-state index in [2.05, 4.69) is 17.0 Å². The van der Waals surface area contributed by atoms with Gasteiger partial charge in [-0.2, -0.15) is 0 Å². The van der Waals surface area contributed by atoms with Gasteiger partial charge in [0.15, 0.2) is 0 Å². The number of methoxy groups -OCH3 is 1. The fourth-order valence-electron chi connectivity index (χ4n) is 3.61. The van der Waals surface area contributed by atoms with Gasteiger partial charge in [0.05, 0.1) is 32.3 Å². The number of nitrogens with zero attached hydrogens (tertiary/aromatic N) is 1. The average Bonchev–Trinajstić information content (AvgIpc) is 2.76. The molecule has 2 fully saturated rings. The van der Waals surface area contributed by atoms with E-state index in [0.717, 1.165) is 18.8 Å². The lowest BCUT2D eigenvalue weighted by Crippen LogP contribution is -2.53. The van der Waals surface area contributed by atoms with E-state index in [4.69, 9.17) is 9.47 Å². The van der Waals surface area contributed by atoms with Crippen LogP contribution in [0.25, 0.3) is 0 Å². The molecular weight excluding hydrogens is 278 g/mol. The highest BCUT2D eigenvalue weighted by Gasteiger charge is 2.41. The SMILES string of the molecule is COc1ccc(C2CCCCCN2CC2(CO)COC2)cc1. The first-order valence-corrected chi connectivity index (χ1v) is 8.33. The maximum absolute atomic E-state index is 9.74. The number of aliphatic hydroxyl groups excluding tert-OH is 1. The van der Waals surface area contributed by atoms with Crippen LogP contribution < -0.4 is 4.74 Å². The molecule has 0 amide bonds. The number of hydrogen-bond donors (Lipinski definition) is 1. The van der Waals surface area contributed by atoms with Crippen molar-refractivity contribution in [3.8, 4) is 5.75 Å². The summed E-state index contributed by atoms with van der Waals surface area (Å²) in [5.74, 6) is 0.906. The highest BCUT2D eigenvalue weighted by molar-refractivity contribution is 5.29. The monoisotopic (exact) mass is 305 g/mol. The van der Waals surface area contributed by atoms with Crippen molar-refractivity contribution in [2.24, 2.45) is 5.41 Å². The highest BCUT2D eigenvalue weighted by atomic mass is 16.5. The number of aliphatic hydroxyl groups is 1. The molecule has 0 saturated carbocycles. The molecule has 0 aliphatic carbocycles. The Bertz CT molecular complexity index is 464. The normalized spacial score (nSPS) is 25.3. The van der Waals surface area contributed by atoms with Gasteiger partial charge in [-0.15, -0.1) is 0 Å². The minimum atomic E-state index is -0.0466. The first-order valence-electron chi connectivity index (χ1n) is 8.33. The molecule has 4 heteroatoms. The second-order valence-electron chi connectivity index (χ2n) is 6.76. The molecule has 2 aliphatic heterocycles. The van der Waals surface area contributed by atoms with Crippen molar-refractivity contribution in [1.29, 1.82) is 0 Å². The zero-order chi connectivity index (χ0) is 15.4. The van der Waals surface area contributed by atoms with Crippen molar-refractivity contribution >= 4 is 0 Å². The van der Waals surface area contributed by atoms with Gasteiger partial charge < -0.3 is 14.6 Å². The molecule has 122 valence electrons. The third kappa shape index (κ3) is 3.29. The molecule has 1 atom stereocenters. The largest absolute Gasteiger partial charge is 0.497 e. The second-order valence-corrected chi connectivity index (χ2v) is 6.76. The number of benzene rings is 1. The van der Waals surface area contributed by atoms with E-state index in [1.807, 2.05) is 12.1 Å². The smallest absolute Gasteiger partial charge is 0.118 e. The van der Waals surface area contributed by atoms with Crippen LogP contribution in [-0.4, -0.2) is 50.0 Å². The zero-order valence-corrected chi connectivity index (χ0v) is 13.5. The van der Waals surface area contributed by atoms with Gasteiger partial charge in [0.2, 0.25) is 0 Å². The molecular formula is C18H27NO3. The fraction of sp³-hybridized carbons (Fsp3) is 0.667. The van der Waals surface area contributed by atoms with Crippen LogP contribution in [0.4, 0.5) is 0 Å². The Labute approximate surface area is 133 Å². The topological polar surface area (TPSA) is 41.9 Å². The predicted molar refractivity (Wildman–Crippen MR) is 86.1 cm³/mol. The van der Waals surface area contributed by atoms with Crippen LogP contribution >= 0.6 is 0 Å². The molecule has 2 heterocycles. The van der Waals surface area contributed by atoms with Gasteiger partial charge in [-0.1, -0.05) is 25.0 Å². The summed E-state index contributed by atoms with van der Waals surface area (Å²) in [5.41, 5.74) is 1.31. The lowest BCUT2D eigenvalue weighted by Gasteiger charge is -2.45. The molecule has 2 aliphatic rings. The van der Waals surface area contributed by atoms with Crippen LogP contribution in [0.1, 0.15) is 37.3 Å². The van der Waals surface area contributed by atoms with Crippen molar-refractivity contribution in [2.45, 2.75) is 31.7 Å². The van der Waals surface area contributed by atoms with Gasteiger partial charge in [0.25, 0.3) is 0 Å². The molecule has 0 bridgehead atoms. The Hall–Kier alpha value is -1.10. The summed E-state index contributed by atoms with van der Waals surface area (Å²) in [5, 5.41) is 9.74. The predicted octanol–water partition coefficient (Wildman–Crippen LogP) is 2.62. The summed E-state index contributed by atoms with van der Waals surface area (Å²) in [6, 6.07) is 8.91. The maximum Gasteiger partial charge on any atom is 0.118 e. The molecule has 1 unspecified atom stereocenters. The van der Waals surface area contributed by atoms with Gasteiger partial charge >= 0.3 is 0 Å². The third-order valence-corrected chi connectivity index (χ3v) is 5.05. The van der Waals surface area contributed by atoms with Gasteiger partial charge in [-0.25, -0.2) is 0 Å². The van der Waals surface area contributed by atoms with E-state index < -0.39 is 0 Å². The Balaban J connectivity index is 1.77. The third-order valence-electron chi connectivity index (χ3n) is 5.05. The second kappa shape index (κ2) is 6.99. The standard InChI is InChI=1S/C18H27NO3/c1-21-16-8-6-15(7-9-16)17-5-3-2-4-10-19(17)11-18(12-20)13-22-14-18/h6-9,17,20H,2-5,10-14H2,1H3. The number of likely N-dealkylation sites (tertiary alicyclic amines) is 1. The van der Waals surface area contributed by atoms with Crippen LogP contribution in [0.15, 0.2) is 24.3 Å². The molecule has 2 saturated heterocycles. The molecule has 0 aromatic heterocycles. The summed E-state index contributed by atoms with van der Waals surface area (Å²) in [6.45, 7) is 3.64. The number of rotatable bonds is 5. The number of hydrogen-bond acceptors (Lipinski definition) is 4. The summed E-state index contributed by atoms with van der Waals surface area (Å²) < 4.78 is 10.6. The minimum Gasteiger partial charge on any atom is -0.497 e. The molecule has 0 spiro atoms. The Morgan fingerprint density at radius 1 is 1.23 bits per heavy atom. The van der Waals surface area contributed by atoms with Gasteiger partial charge in [-0.3, -0.25) is 4.90 Å². The fourth-order valence-corrected chi connectivity index (χ4v) is 3.61. The minimum absolute atomic E-state index is 0.0466. The van der Waals surface area contributed by atoms with E-state index in [0.29, 0.717) is 19.3 Å². The van der Waals surface area contributed by atoms with Crippen molar-refractivity contribution in [2.75, 3.05) is 40.0 Å². The van der Waals surface area contributed by atoms with E-state index in [1.54, 1.807) is 7.11 Å². The van der Waals surface area contributed by atoms with Crippen LogP contribution in [0.2, 0.25) is 0 Å². The highest BCUT2D eigenvalue weighted by Crippen LogP contribution is 2.36. The van der Waals surface area contributed by atoms with Crippen LogP contribution in [0, 0.1) is 5.41 Å². The summed E-state index contributed by atoms with van der Waals surface area (Å²) in [6.07, 6.45) is 5.01. The molecule has 1 aromatic rings. The molecule has 1 aromatic carbocycles. The molecule has 1 N–H and O–H groups in total. The first kappa shape index (κ1) is 15.8. The number of ether oxygens (including phenoxy) is 2. The van der Waals surface area contributed by atoms with Crippen LogP contribution in [0.5, 0.6) is 5.75 Å². The van der Waals surface area contributed by atoms with Crippen molar-refractivity contribution < 1.29 is 14.6 Å². The van der Waals surface area contributed by atoms with Gasteiger partial charge in [0, 0.05) is 12.6 Å². The van der Waals surface area contributed by atoms with E-state index in [-0.39, 0.29) is 12.0 Å².